The Morgan fingerprint density at radius 2 is 1.88 bits per heavy atom. The summed E-state index contributed by atoms with van der Waals surface area (Å²) in [5.41, 5.74) is 4.68. The lowest BCUT2D eigenvalue weighted by Gasteiger charge is -2.26. The van der Waals surface area contributed by atoms with Crippen molar-refractivity contribution in [1.82, 2.24) is 15.1 Å². The third-order valence-electron chi connectivity index (χ3n) is 4.99. The molecular weight excluding hydrogens is 318 g/mol. The fourth-order valence-corrected chi connectivity index (χ4v) is 3.73. The van der Waals surface area contributed by atoms with Gasteiger partial charge in [-0.3, -0.25) is 9.89 Å². The van der Waals surface area contributed by atoms with Crippen LogP contribution >= 0.6 is 0 Å². The van der Waals surface area contributed by atoms with Crippen LogP contribution in [0.3, 0.4) is 0 Å². The molecule has 1 atom stereocenters. The molecule has 1 aromatic heterocycles. The van der Waals surface area contributed by atoms with Gasteiger partial charge in [0.25, 0.3) is 5.91 Å². The third kappa shape index (κ3) is 2.97. The van der Waals surface area contributed by atoms with Crippen LogP contribution in [0.5, 0.6) is 11.5 Å². The molecule has 25 heavy (non-hydrogen) atoms. The minimum atomic E-state index is 0.0287. The molecule has 134 valence electrons. The van der Waals surface area contributed by atoms with Crippen LogP contribution in [0.25, 0.3) is 0 Å². The van der Waals surface area contributed by atoms with Crippen molar-refractivity contribution in [3.05, 3.63) is 40.2 Å². The smallest absolute Gasteiger partial charge is 0.254 e. The van der Waals surface area contributed by atoms with Gasteiger partial charge in [0.2, 0.25) is 0 Å². The highest BCUT2D eigenvalue weighted by Gasteiger charge is 2.34. The second-order valence-electron chi connectivity index (χ2n) is 6.53. The van der Waals surface area contributed by atoms with Crippen LogP contribution in [-0.4, -0.2) is 41.8 Å². The molecule has 0 saturated carbocycles. The minimum Gasteiger partial charge on any atom is -0.493 e. The monoisotopic (exact) mass is 343 g/mol. The number of H-pyrrole nitrogens is 1. The van der Waals surface area contributed by atoms with Crippen molar-refractivity contribution in [3.8, 4) is 11.5 Å². The molecular formula is C19H25N3O3. The second kappa shape index (κ2) is 6.78. The number of hydrogen-bond donors (Lipinski definition) is 1. The highest BCUT2D eigenvalue weighted by atomic mass is 16.5. The largest absolute Gasteiger partial charge is 0.493 e. The summed E-state index contributed by atoms with van der Waals surface area (Å²) < 4.78 is 10.7. The number of ether oxygens (including phenoxy) is 2. The predicted octanol–water partition coefficient (Wildman–Crippen LogP) is 3.33. The fraction of sp³-hybridized carbons (Fsp3) is 0.474. The van der Waals surface area contributed by atoms with E-state index >= 15 is 0 Å². The number of amides is 1. The Bertz CT molecular complexity index is 778. The first kappa shape index (κ1) is 17.3. The number of carbonyl (C=O) groups is 1. The minimum absolute atomic E-state index is 0.0287. The standard InChI is InChI=1S/C19H25N3O3/c1-11-9-16(24-4)17(25-5)10-14(11)19(23)22-8-6-7-15(22)18-12(2)20-21-13(18)3/h9-10,15H,6-8H2,1-5H3,(H,20,21). The maximum absolute atomic E-state index is 13.3. The highest BCUT2D eigenvalue weighted by Crippen LogP contribution is 2.37. The van der Waals surface area contributed by atoms with Crippen LogP contribution < -0.4 is 9.47 Å². The number of aromatic amines is 1. The van der Waals surface area contributed by atoms with Crippen LogP contribution in [0.2, 0.25) is 0 Å². The number of aryl methyl sites for hydroxylation is 3. The van der Waals surface area contributed by atoms with Crippen molar-refractivity contribution in [1.29, 1.82) is 0 Å². The van der Waals surface area contributed by atoms with Gasteiger partial charge < -0.3 is 14.4 Å². The molecule has 1 aliphatic rings. The molecule has 0 bridgehead atoms. The van der Waals surface area contributed by atoms with Gasteiger partial charge in [-0.15, -0.1) is 0 Å². The summed E-state index contributed by atoms with van der Waals surface area (Å²) in [5.74, 6) is 1.24. The molecule has 1 fully saturated rings. The Morgan fingerprint density at radius 3 is 2.48 bits per heavy atom. The van der Waals surface area contributed by atoms with Gasteiger partial charge in [0.15, 0.2) is 11.5 Å². The van der Waals surface area contributed by atoms with E-state index in [-0.39, 0.29) is 11.9 Å². The topological polar surface area (TPSA) is 67.5 Å². The summed E-state index contributed by atoms with van der Waals surface area (Å²) in [6, 6.07) is 3.70. The molecule has 3 rings (SSSR count). The Morgan fingerprint density at radius 1 is 1.20 bits per heavy atom. The van der Waals surface area contributed by atoms with Gasteiger partial charge in [0.05, 0.1) is 26.0 Å². The van der Waals surface area contributed by atoms with Gasteiger partial charge >= 0.3 is 0 Å². The van der Waals surface area contributed by atoms with E-state index in [1.54, 1.807) is 20.3 Å². The molecule has 1 amide bonds. The Balaban J connectivity index is 1.97. The van der Waals surface area contributed by atoms with E-state index in [1.807, 2.05) is 31.7 Å². The predicted molar refractivity (Wildman–Crippen MR) is 95.4 cm³/mol. The SMILES string of the molecule is COc1cc(C)c(C(=O)N2CCCC2c2c(C)n[nH]c2C)cc1OC. The zero-order chi connectivity index (χ0) is 18.1. The second-order valence-corrected chi connectivity index (χ2v) is 6.53. The molecule has 1 saturated heterocycles. The molecule has 1 N–H and O–H groups in total. The Kier molecular flexibility index (Phi) is 4.70. The first-order valence-electron chi connectivity index (χ1n) is 8.53. The summed E-state index contributed by atoms with van der Waals surface area (Å²) in [4.78, 5) is 15.2. The summed E-state index contributed by atoms with van der Waals surface area (Å²) >= 11 is 0. The number of rotatable bonds is 4. The zero-order valence-corrected chi connectivity index (χ0v) is 15.5. The van der Waals surface area contributed by atoms with Gasteiger partial charge in [-0.2, -0.15) is 5.10 Å². The molecule has 2 heterocycles. The normalized spacial score (nSPS) is 17.0. The number of likely N-dealkylation sites (tertiary alicyclic amines) is 1. The molecule has 1 unspecified atom stereocenters. The van der Waals surface area contributed by atoms with Gasteiger partial charge in [-0.05, 0) is 51.3 Å². The third-order valence-corrected chi connectivity index (χ3v) is 4.99. The van der Waals surface area contributed by atoms with Crippen LogP contribution in [-0.2, 0) is 0 Å². The highest BCUT2D eigenvalue weighted by molar-refractivity contribution is 5.97. The van der Waals surface area contributed by atoms with Crippen molar-refractivity contribution in [3.63, 3.8) is 0 Å². The lowest BCUT2D eigenvalue weighted by atomic mass is 10.0. The van der Waals surface area contributed by atoms with Gasteiger partial charge in [-0.1, -0.05) is 0 Å². The van der Waals surface area contributed by atoms with Crippen molar-refractivity contribution >= 4 is 5.91 Å². The molecule has 0 aliphatic carbocycles. The van der Waals surface area contributed by atoms with Crippen molar-refractivity contribution in [2.75, 3.05) is 20.8 Å². The van der Waals surface area contributed by atoms with Crippen LogP contribution in [0, 0.1) is 20.8 Å². The first-order chi connectivity index (χ1) is 12.0. The average molecular weight is 343 g/mol. The number of hydrogen-bond acceptors (Lipinski definition) is 4. The molecule has 1 aromatic carbocycles. The molecule has 2 aromatic rings. The van der Waals surface area contributed by atoms with Crippen molar-refractivity contribution in [2.45, 2.75) is 39.7 Å². The van der Waals surface area contributed by atoms with E-state index in [2.05, 4.69) is 10.2 Å². The Labute approximate surface area is 148 Å². The van der Waals surface area contributed by atoms with E-state index in [0.717, 1.165) is 41.9 Å². The molecule has 1 aliphatic heterocycles. The lowest BCUT2D eigenvalue weighted by Crippen LogP contribution is -2.31. The molecule has 0 spiro atoms. The summed E-state index contributed by atoms with van der Waals surface area (Å²) in [6.45, 7) is 6.68. The molecule has 6 heteroatoms. The van der Waals surface area contributed by atoms with Gasteiger partial charge in [-0.25, -0.2) is 0 Å². The van der Waals surface area contributed by atoms with Crippen LogP contribution in [0.15, 0.2) is 12.1 Å². The maximum atomic E-state index is 13.3. The zero-order valence-electron chi connectivity index (χ0n) is 15.5. The molecule has 6 nitrogen and oxygen atoms in total. The Hall–Kier alpha value is -2.50. The number of methoxy groups -OCH3 is 2. The van der Waals surface area contributed by atoms with Gasteiger partial charge in [0, 0.05) is 23.4 Å². The van der Waals surface area contributed by atoms with Crippen molar-refractivity contribution < 1.29 is 14.3 Å². The van der Waals surface area contributed by atoms with E-state index in [0.29, 0.717) is 17.1 Å². The number of carbonyl (C=O) groups excluding carboxylic acids is 1. The summed E-state index contributed by atoms with van der Waals surface area (Å²) in [7, 11) is 3.18. The number of nitrogens with zero attached hydrogens (tertiary/aromatic N) is 2. The fourth-order valence-electron chi connectivity index (χ4n) is 3.73. The summed E-state index contributed by atoms with van der Waals surface area (Å²) in [5, 5.41) is 7.33. The van der Waals surface area contributed by atoms with Gasteiger partial charge in [0.1, 0.15) is 0 Å². The number of aromatic nitrogens is 2. The van der Waals surface area contributed by atoms with E-state index in [4.69, 9.17) is 9.47 Å². The lowest BCUT2D eigenvalue weighted by molar-refractivity contribution is 0.0734. The quantitative estimate of drug-likeness (QED) is 0.925. The summed E-state index contributed by atoms with van der Waals surface area (Å²) in [6.07, 6.45) is 1.95. The van der Waals surface area contributed by atoms with Crippen LogP contribution in [0.1, 0.15) is 51.8 Å². The maximum Gasteiger partial charge on any atom is 0.254 e. The number of benzene rings is 1. The number of nitrogens with one attached hydrogen (secondary N) is 1. The average Bonchev–Trinajstić information content (AvgIpc) is 3.20. The van der Waals surface area contributed by atoms with E-state index < -0.39 is 0 Å². The van der Waals surface area contributed by atoms with Crippen LogP contribution in [0.4, 0.5) is 0 Å². The van der Waals surface area contributed by atoms with E-state index in [9.17, 15) is 4.79 Å². The van der Waals surface area contributed by atoms with E-state index in [1.165, 1.54) is 0 Å². The van der Waals surface area contributed by atoms with Crippen molar-refractivity contribution in [2.24, 2.45) is 0 Å². The first-order valence-corrected chi connectivity index (χ1v) is 8.53. The molecule has 0 radical (unpaired) electrons.